The van der Waals surface area contributed by atoms with Crippen LogP contribution in [0.1, 0.15) is 64.2 Å². The van der Waals surface area contributed by atoms with Gasteiger partial charge in [-0.15, -0.1) is 6.58 Å². The van der Waals surface area contributed by atoms with Gasteiger partial charge < -0.3 is 5.11 Å². The van der Waals surface area contributed by atoms with Crippen molar-refractivity contribution in [2.24, 2.45) is 0 Å². The topological polar surface area (TPSA) is 20.2 Å². The summed E-state index contributed by atoms with van der Waals surface area (Å²) in [6.45, 7) is 3.74. The van der Waals surface area contributed by atoms with Gasteiger partial charge in [0.15, 0.2) is 0 Å². The van der Waals surface area contributed by atoms with E-state index in [4.69, 9.17) is 0 Å². The average molecular weight is 196 g/mol. The zero-order chi connectivity index (χ0) is 10.3. The third-order valence-electron chi connectivity index (χ3n) is 3.31. The van der Waals surface area contributed by atoms with Gasteiger partial charge in [-0.2, -0.15) is 0 Å². The van der Waals surface area contributed by atoms with Gasteiger partial charge in [0.1, 0.15) is 0 Å². The molecule has 0 aromatic rings. The van der Waals surface area contributed by atoms with Gasteiger partial charge in [-0.25, -0.2) is 0 Å². The summed E-state index contributed by atoms with van der Waals surface area (Å²) in [6, 6.07) is 0. The molecular formula is C13H24O. The van der Waals surface area contributed by atoms with E-state index < -0.39 is 5.60 Å². The minimum atomic E-state index is -0.431. The first kappa shape index (κ1) is 11.8. The second-order valence-corrected chi connectivity index (χ2v) is 4.69. The summed E-state index contributed by atoms with van der Waals surface area (Å²) in [5.74, 6) is 0. The molecule has 0 atom stereocenters. The second kappa shape index (κ2) is 6.23. The van der Waals surface area contributed by atoms with Crippen molar-refractivity contribution in [2.45, 2.75) is 69.8 Å². The number of aliphatic hydroxyl groups is 1. The Kier molecular flexibility index (Phi) is 5.24. The Labute approximate surface area is 88.2 Å². The van der Waals surface area contributed by atoms with Crippen molar-refractivity contribution in [3.05, 3.63) is 12.7 Å². The van der Waals surface area contributed by atoms with Gasteiger partial charge in [0.25, 0.3) is 0 Å². The maximum atomic E-state index is 10.3. The van der Waals surface area contributed by atoms with Crippen molar-refractivity contribution in [3.8, 4) is 0 Å². The summed E-state index contributed by atoms with van der Waals surface area (Å²) in [4.78, 5) is 0. The van der Waals surface area contributed by atoms with Gasteiger partial charge >= 0.3 is 0 Å². The SMILES string of the molecule is C=CCC1(O)CCCCCCCCC1. The van der Waals surface area contributed by atoms with Crippen LogP contribution in [0.4, 0.5) is 0 Å². The van der Waals surface area contributed by atoms with Gasteiger partial charge in [-0.3, -0.25) is 0 Å². The van der Waals surface area contributed by atoms with Gasteiger partial charge in [0, 0.05) is 0 Å². The number of rotatable bonds is 2. The Hall–Kier alpha value is -0.300. The number of hydrogen-bond donors (Lipinski definition) is 1. The molecule has 1 aliphatic rings. The quantitative estimate of drug-likeness (QED) is 0.666. The average Bonchev–Trinajstić information content (AvgIpc) is 2.16. The monoisotopic (exact) mass is 196 g/mol. The van der Waals surface area contributed by atoms with Crippen LogP contribution in [0.3, 0.4) is 0 Å². The van der Waals surface area contributed by atoms with Crippen LogP contribution in [0.5, 0.6) is 0 Å². The van der Waals surface area contributed by atoms with Gasteiger partial charge in [0.05, 0.1) is 5.60 Å². The molecule has 1 fully saturated rings. The van der Waals surface area contributed by atoms with Crippen LogP contribution in [0, 0.1) is 0 Å². The lowest BCUT2D eigenvalue weighted by atomic mass is 9.86. The molecule has 0 radical (unpaired) electrons. The maximum Gasteiger partial charge on any atom is 0.0682 e. The van der Waals surface area contributed by atoms with Crippen LogP contribution >= 0.6 is 0 Å². The molecule has 0 spiro atoms. The van der Waals surface area contributed by atoms with Crippen molar-refractivity contribution in [1.82, 2.24) is 0 Å². The first-order valence-corrected chi connectivity index (χ1v) is 6.10. The normalized spacial score (nSPS) is 24.1. The first-order valence-electron chi connectivity index (χ1n) is 6.10. The Morgan fingerprint density at radius 2 is 1.36 bits per heavy atom. The molecule has 0 aromatic heterocycles. The maximum absolute atomic E-state index is 10.3. The van der Waals surface area contributed by atoms with E-state index >= 15 is 0 Å². The van der Waals surface area contributed by atoms with Crippen molar-refractivity contribution in [1.29, 1.82) is 0 Å². The van der Waals surface area contributed by atoms with E-state index in [-0.39, 0.29) is 0 Å². The standard InChI is InChI=1S/C13H24O/c1-2-10-13(14)11-8-6-4-3-5-7-9-12-13/h2,14H,1,3-12H2. The van der Waals surface area contributed by atoms with Gasteiger partial charge in [-0.05, 0) is 19.3 Å². The largest absolute Gasteiger partial charge is 0.390 e. The van der Waals surface area contributed by atoms with E-state index in [0.29, 0.717) is 0 Å². The minimum absolute atomic E-state index is 0.431. The Bertz CT molecular complexity index is 153. The van der Waals surface area contributed by atoms with Gasteiger partial charge in [-0.1, -0.05) is 51.0 Å². The summed E-state index contributed by atoms with van der Waals surface area (Å²) >= 11 is 0. The third kappa shape index (κ3) is 4.28. The van der Waals surface area contributed by atoms with E-state index in [0.717, 1.165) is 19.3 Å². The molecule has 0 bridgehead atoms. The van der Waals surface area contributed by atoms with E-state index in [1.165, 1.54) is 44.9 Å². The van der Waals surface area contributed by atoms with E-state index in [2.05, 4.69) is 6.58 Å². The Morgan fingerprint density at radius 1 is 0.929 bits per heavy atom. The van der Waals surface area contributed by atoms with Crippen molar-refractivity contribution in [3.63, 3.8) is 0 Å². The lowest BCUT2D eigenvalue weighted by Gasteiger charge is -2.27. The molecule has 0 saturated heterocycles. The van der Waals surface area contributed by atoms with Crippen molar-refractivity contribution in [2.75, 3.05) is 0 Å². The molecule has 0 amide bonds. The molecule has 1 saturated carbocycles. The third-order valence-corrected chi connectivity index (χ3v) is 3.31. The molecule has 14 heavy (non-hydrogen) atoms. The fourth-order valence-electron chi connectivity index (χ4n) is 2.39. The van der Waals surface area contributed by atoms with Crippen LogP contribution < -0.4 is 0 Å². The fourth-order valence-corrected chi connectivity index (χ4v) is 2.39. The zero-order valence-electron chi connectivity index (χ0n) is 9.30. The molecule has 1 aliphatic carbocycles. The molecule has 1 nitrogen and oxygen atoms in total. The van der Waals surface area contributed by atoms with Crippen LogP contribution in [0.25, 0.3) is 0 Å². The Morgan fingerprint density at radius 3 is 1.79 bits per heavy atom. The molecule has 0 unspecified atom stereocenters. The summed E-state index contributed by atoms with van der Waals surface area (Å²) in [7, 11) is 0. The lowest BCUT2D eigenvalue weighted by molar-refractivity contribution is 0.0197. The first-order chi connectivity index (χ1) is 6.77. The van der Waals surface area contributed by atoms with Crippen LogP contribution in [-0.2, 0) is 0 Å². The van der Waals surface area contributed by atoms with Crippen molar-refractivity contribution >= 4 is 0 Å². The van der Waals surface area contributed by atoms with Crippen LogP contribution in [-0.4, -0.2) is 10.7 Å². The molecule has 0 aliphatic heterocycles. The molecule has 0 aromatic carbocycles. The summed E-state index contributed by atoms with van der Waals surface area (Å²) in [5.41, 5.74) is -0.431. The highest BCUT2D eigenvalue weighted by atomic mass is 16.3. The zero-order valence-corrected chi connectivity index (χ0v) is 9.30. The molecule has 1 heteroatoms. The van der Waals surface area contributed by atoms with E-state index in [9.17, 15) is 5.11 Å². The molecule has 1 rings (SSSR count). The van der Waals surface area contributed by atoms with Gasteiger partial charge in [0.2, 0.25) is 0 Å². The summed E-state index contributed by atoms with van der Waals surface area (Å²) < 4.78 is 0. The fraction of sp³-hybridized carbons (Fsp3) is 0.846. The number of hydrogen-bond acceptors (Lipinski definition) is 1. The summed E-state index contributed by atoms with van der Waals surface area (Å²) in [6.07, 6.45) is 13.6. The molecule has 0 heterocycles. The second-order valence-electron chi connectivity index (χ2n) is 4.69. The molecule has 82 valence electrons. The smallest absolute Gasteiger partial charge is 0.0682 e. The van der Waals surface area contributed by atoms with E-state index in [1.807, 2.05) is 6.08 Å². The summed E-state index contributed by atoms with van der Waals surface area (Å²) in [5, 5.41) is 10.3. The highest BCUT2D eigenvalue weighted by Crippen LogP contribution is 2.28. The van der Waals surface area contributed by atoms with E-state index in [1.54, 1.807) is 0 Å². The minimum Gasteiger partial charge on any atom is -0.390 e. The predicted molar refractivity (Wildman–Crippen MR) is 61.3 cm³/mol. The lowest BCUT2D eigenvalue weighted by Crippen LogP contribution is -2.28. The molecule has 1 N–H and O–H groups in total. The van der Waals surface area contributed by atoms with Crippen molar-refractivity contribution < 1.29 is 5.11 Å². The Balaban J connectivity index is 2.40. The highest BCUT2D eigenvalue weighted by molar-refractivity contribution is 4.86. The highest BCUT2D eigenvalue weighted by Gasteiger charge is 2.24. The molecular weight excluding hydrogens is 172 g/mol. The predicted octanol–water partition coefficient (Wildman–Crippen LogP) is 3.82. The van der Waals surface area contributed by atoms with Crippen LogP contribution in [0.2, 0.25) is 0 Å². The van der Waals surface area contributed by atoms with Crippen LogP contribution in [0.15, 0.2) is 12.7 Å².